The van der Waals surface area contributed by atoms with Crippen molar-refractivity contribution in [2.75, 3.05) is 11.9 Å². The predicted octanol–water partition coefficient (Wildman–Crippen LogP) is 4.65. The van der Waals surface area contributed by atoms with Gasteiger partial charge >= 0.3 is 6.09 Å². The fourth-order valence-corrected chi connectivity index (χ4v) is 2.74. The maximum atomic E-state index is 13.0. The van der Waals surface area contributed by atoms with Crippen LogP contribution in [0.4, 0.5) is 10.5 Å². The van der Waals surface area contributed by atoms with Gasteiger partial charge in [0, 0.05) is 14.5 Å². The van der Waals surface area contributed by atoms with Crippen LogP contribution in [0.5, 0.6) is 0 Å². The van der Waals surface area contributed by atoms with Crippen molar-refractivity contribution in [1.82, 2.24) is 0 Å². The fourth-order valence-electron chi connectivity index (χ4n) is 2.38. The number of halogens is 1. The van der Waals surface area contributed by atoms with E-state index in [2.05, 4.69) is 34.8 Å². The molecule has 0 fully saturated rings. The van der Waals surface area contributed by atoms with Crippen LogP contribution in [-0.4, -0.2) is 18.5 Å². The molecule has 24 heavy (non-hydrogen) atoms. The molecule has 5 nitrogen and oxygen atoms in total. The smallest absolute Gasteiger partial charge is 0.411 e. The van der Waals surface area contributed by atoms with Crippen molar-refractivity contribution in [2.45, 2.75) is 0 Å². The first-order valence-electron chi connectivity index (χ1n) is 7.13. The van der Waals surface area contributed by atoms with Gasteiger partial charge in [0.05, 0.1) is 24.1 Å². The van der Waals surface area contributed by atoms with Gasteiger partial charge in [0.2, 0.25) is 0 Å². The minimum atomic E-state index is -0.662. The van der Waals surface area contributed by atoms with E-state index in [1.54, 1.807) is 30.3 Å². The number of ether oxygens (including phenoxy) is 1. The van der Waals surface area contributed by atoms with Crippen LogP contribution in [0.15, 0.2) is 53.1 Å². The van der Waals surface area contributed by atoms with Gasteiger partial charge in [0.25, 0.3) is 0 Å². The molecule has 1 heterocycles. The van der Waals surface area contributed by atoms with Crippen LogP contribution in [0, 0.1) is 10.5 Å². The molecule has 0 spiro atoms. The van der Waals surface area contributed by atoms with Crippen LogP contribution in [0.1, 0.15) is 15.9 Å². The summed E-state index contributed by atoms with van der Waals surface area (Å²) in [5.74, 6) is -0.205. The summed E-state index contributed by atoms with van der Waals surface area (Å²) in [5, 5.41) is 3.22. The highest BCUT2D eigenvalue weighted by Crippen LogP contribution is 2.30. The first-order chi connectivity index (χ1) is 11.6. The highest BCUT2D eigenvalue weighted by Gasteiger charge is 2.20. The molecule has 1 radical (unpaired) electrons. The number of furan rings is 1. The largest absolute Gasteiger partial charge is 0.464 e. The molecule has 0 saturated carbocycles. The van der Waals surface area contributed by atoms with Crippen LogP contribution in [0.3, 0.4) is 0 Å². The molecule has 2 aromatic carbocycles. The predicted molar refractivity (Wildman–Crippen MR) is 99.1 cm³/mol. The summed E-state index contributed by atoms with van der Waals surface area (Å²) >= 11 is 2.17. The molecular weight excluding hydrogens is 421 g/mol. The highest BCUT2D eigenvalue weighted by atomic mass is 127. The Labute approximate surface area is 152 Å². The molecule has 0 aliphatic heterocycles. The monoisotopic (exact) mass is 434 g/mol. The number of ketones is 1. The Balaban J connectivity index is 2.09. The summed E-state index contributed by atoms with van der Waals surface area (Å²) in [6.45, 7) is 3.46. The average Bonchev–Trinajstić information content (AvgIpc) is 3.03. The molecule has 0 saturated heterocycles. The molecule has 0 unspecified atom stereocenters. The second-order valence-electron chi connectivity index (χ2n) is 4.92. The first-order valence-corrected chi connectivity index (χ1v) is 8.21. The number of fused-ring (bicyclic) bond motifs is 1. The minimum Gasteiger partial charge on any atom is -0.464 e. The Kier molecular flexibility index (Phi) is 4.84. The highest BCUT2D eigenvalue weighted by molar-refractivity contribution is 14.1. The normalized spacial score (nSPS) is 10.6. The third kappa shape index (κ3) is 3.28. The Morgan fingerprint density at radius 3 is 2.58 bits per heavy atom. The van der Waals surface area contributed by atoms with E-state index in [0.717, 1.165) is 3.57 Å². The molecule has 0 atom stereocenters. The number of rotatable bonds is 4. The molecule has 6 heteroatoms. The molecule has 1 amide bonds. The average molecular weight is 434 g/mol. The van der Waals surface area contributed by atoms with Gasteiger partial charge in [-0.1, -0.05) is 0 Å². The number of hydrogen-bond donors (Lipinski definition) is 1. The van der Waals surface area contributed by atoms with E-state index < -0.39 is 6.09 Å². The molecular formula is C18H13INO4. The standard InChI is InChI=1S/C18H13INO4/c1-2-23-18(22)20-14-7-8-15-13(9-10-24-15)16(14)17(21)11-3-5-12(19)6-4-11/h3-10H,1-2H2,(H,20,22). The van der Waals surface area contributed by atoms with Crippen molar-refractivity contribution in [3.63, 3.8) is 0 Å². The zero-order valence-corrected chi connectivity index (χ0v) is 14.7. The van der Waals surface area contributed by atoms with E-state index in [1.165, 1.54) is 6.26 Å². The van der Waals surface area contributed by atoms with Gasteiger partial charge in [0.1, 0.15) is 5.58 Å². The summed E-state index contributed by atoms with van der Waals surface area (Å²) in [6, 6.07) is 12.2. The Hall–Kier alpha value is -2.35. The van der Waals surface area contributed by atoms with Crippen molar-refractivity contribution in [1.29, 1.82) is 0 Å². The SMILES string of the molecule is [CH2]COC(=O)Nc1ccc2occc2c1C(=O)c1ccc(I)cc1. The van der Waals surface area contributed by atoms with E-state index >= 15 is 0 Å². The number of anilines is 1. The first kappa shape index (κ1) is 16.5. The summed E-state index contributed by atoms with van der Waals surface area (Å²) in [6.07, 6.45) is 0.845. The van der Waals surface area contributed by atoms with Crippen LogP contribution in [0.2, 0.25) is 0 Å². The second kappa shape index (κ2) is 7.04. The van der Waals surface area contributed by atoms with Crippen LogP contribution >= 0.6 is 22.6 Å². The molecule has 1 aromatic heterocycles. The lowest BCUT2D eigenvalue weighted by atomic mass is 9.98. The van der Waals surface area contributed by atoms with Crippen molar-refractivity contribution in [3.05, 3.63) is 70.3 Å². The summed E-state index contributed by atoms with van der Waals surface area (Å²) in [5.41, 5.74) is 1.83. The fraction of sp³-hybridized carbons (Fsp3) is 0.0556. The van der Waals surface area contributed by atoms with Gasteiger partial charge in [-0.05, 0) is 72.0 Å². The second-order valence-corrected chi connectivity index (χ2v) is 6.16. The number of carbonyl (C=O) groups excluding carboxylic acids is 2. The molecule has 121 valence electrons. The van der Waals surface area contributed by atoms with E-state index in [-0.39, 0.29) is 12.4 Å². The van der Waals surface area contributed by atoms with E-state index in [1.807, 2.05) is 12.1 Å². The van der Waals surface area contributed by atoms with Gasteiger partial charge in [-0.3, -0.25) is 10.1 Å². The van der Waals surface area contributed by atoms with Crippen molar-refractivity contribution in [2.24, 2.45) is 0 Å². The third-order valence-electron chi connectivity index (χ3n) is 3.44. The maximum Gasteiger partial charge on any atom is 0.411 e. The lowest BCUT2D eigenvalue weighted by Crippen LogP contribution is -2.16. The molecule has 0 aliphatic rings. The van der Waals surface area contributed by atoms with Gasteiger partial charge in [0.15, 0.2) is 5.78 Å². The van der Waals surface area contributed by atoms with Crippen LogP contribution < -0.4 is 5.32 Å². The zero-order valence-electron chi connectivity index (χ0n) is 12.5. The Morgan fingerprint density at radius 1 is 1.12 bits per heavy atom. The zero-order chi connectivity index (χ0) is 17.1. The van der Waals surface area contributed by atoms with Crippen LogP contribution in [0.25, 0.3) is 11.0 Å². The van der Waals surface area contributed by atoms with Crippen molar-refractivity contribution >= 4 is 51.1 Å². The summed E-state index contributed by atoms with van der Waals surface area (Å²) < 4.78 is 11.2. The van der Waals surface area contributed by atoms with Gasteiger partial charge in [-0.25, -0.2) is 4.79 Å². The topological polar surface area (TPSA) is 68.5 Å². The summed E-state index contributed by atoms with van der Waals surface area (Å²) in [7, 11) is 0. The summed E-state index contributed by atoms with van der Waals surface area (Å²) in [4.78, 5) is 24.7. The molecule has 3 rings (SSSR count). The van der Waals surface area contributed by atoms with Gasteiger partial charge < -0.3 is 9.15 Å². The van der Waals surface area contributed by atoms with Gasteiger partial charge in [-0.2, -0.15) is 0 Å². The number of amides is 1. The lowest BCUT2D eigenvalue weighted by molar-refractivity contribution is 0.104. The molecule has 0 aliphatic carbocycles. The van der Waals surface area contributed by atoms with E-state index in [9.17, 15) is 9.59 Å². The minimum absolute atomic E-state index is 0.000188. The molecule has 1 N–H and O–H groups in total. The van der Waals surface area contributed by atoms with Gasteiger partial charge in [-0.15, -0.1) is 0 Å². The van der Waals surface area contributed by atoms with E-state index in [4.69, 9.17) is 9.15 Å². The lowest BCUT2D eigenvalue weighted by Gasteiger charge is -2.11. The number of nitrogens with one attached hydrogen (secondary N) is 1. The molecule has 0 bridgehead atoms. The third-order valence-corrected chi connectivity index (χ3v) is 4.16. The van der Waals surface area contributed by atoms with Crippen LogP contribution in [-0.2, 0) is 4.74 Å². The molecule has 3 aromatic rings. The van der Waals surface area contributed by atoms with Crippen molar-refractivity contribution < 1.29 is 18.7 Å². The van der Waals surface area contributed by atoms with E-state index in [0.29, 0.717) is 27.8 Å². The maximum absolute atomic E-state index is 13.0. The van der Waals surface area contributed by atoms with Crippen molar-refractivity contribution in [3.8, 4) is 0 Å². The number of carbonyl (C=O) groups is 2. The number of hydrogen-bond acceptors (Lipinski definition) is 4. The quantitative estimate of drug-likeness (QED) is 0.480. The Morgan fingerprint density at radius 2 is 1.88 bits per heavy atom. The number of benzene rings is 2. The Bertz CT molecular complexity index is 899.